The number of aliphatic hydroxyl groups is 1. The van der Waals surface area contributed by atoms with Crippen molar-refractivity contribution in [2.75, 3.05) is 0 Å². The Morgan fingerprint density at radius 1 is 1.47 bits per heavy atom. The Bertz CT molecular complexity index is 471. The molecule has 2 heterocycles. The number of thiophene rings is 1. The Hall–Kier alpha value is -0.930. The average molecular weight is 249 g/mol. The summed E-state index contributed by atoms with van der Waals surface area (Å²) in [6, 6.07) is 4.21. The van der Waals surface area contributed by atoms with E-state index in [1.165, 1.54) is 15.0 Å². The first-order valence-corrected chi connectivity index (χ1v) is 6.89. The van der Waals surface area contributed by atoms with E-state index < -0.39 is 0 Å². The lowest BCUT2D eigenvalue weighted by molar-refractivity contribution is 0.0924. The van der Waals surface area contributed by atoms with Crippen molar-refractivity contribution in [2.24, 2.45) is 0 Å². The molecule has 0 radical (unpaired) electrons. The standard InChI is InChI=1S/C14H19NOS/c1-4-5-12(16)14(2,3)13-8-10-6-7-15-9-11(10)17-13/h6-9,12,16H,4-5H2,1-3H3. The summed E-state index contributed by atoms with van der Waals surface area (Å²) in [4.78, 5) is 5.37. The van der Waals surface area contributed by atoms with Crippen LogP contribution in [0.15, 0.2) is 24.5 Å². The molecule has 0 saturated carbocycles. The Balaban J connectivity index is 2.38. The van der Waals surface area contributed by atoms with Crippen molar-refractivity contribution >= 4 is 21.4 Å². The van der Waals surface area contributed by atoms with E-state index >= 15 is 0 Å². The van der Waals surface area contributed by atoms with Gasteiger partial charge >= 0.3 is 0 Å². The number of aromatic nitrogens is 1. The third-order valence-corrected chi connectivity index (χ3v) is 4.78. The van der Waals surface area contributed by atoms with Gasteiger partial charge in [0.2, 0.25) is 0 Å². The van der Waals surface area contributed by atoms with Gasteiger partial charge in [-0.2, -0.15) is 0 Å². The fourth-order valence-electron chi connectivity index (χ4n) is 2.00. The number of hydrogen-bond acceptors (Lipinski definition) is 3. The SMILES string of the molecule is CCCC(O)C(C)(C)c1cc2ccncc2s1. The molecule has 2 aromatic heterocycles. The third-order valence-electron chi connectivity index (χ3n) is 3.35. The van der Waals surface area contributed by atoms with E-state index in [0.717, 1.165) is 12.8 Å². The molecule has 0 saturated heterocycles. The summed E-state index contributed by atoms with van der Waals surface area (Å²) < 4.78 is 1.19. The zero-order chi connectivity index (χ0) is 12.5. The van der Waals surface area contributed by atoms with Crippen LogP contribution in [-0.4, -0.2) is 16.2 Å². The number of aliphatic hydroxyl groups excluding tert-OH is 1. The second-order valence-corrected chi connectivity index (χ2v) is 6.13. The first-order valence-electron chi connectivity index (χ1n) is 6.07. The van der Waals surface area contributed by atoms with Crippen LogP contribution in [0.1, 0.15) is 38.5 Å². The molecule has 0 fully saturated rings. The number of hydrogen-bond donors (Lipinski definition) is 1. The van der Waals surface area contributed by atoms with E-state index in [9.17, 15) is 5.11 Å². The van der Waals surface area contributed by atoms with Gasteiger partial charge in [0.1, 0.15) is 0 Å². The highest BCUT2D eigenvalue weighted by molar-refractivity contribution is 7.19. The normalized spacial score (nSPS) is 14.1. The first-order chi connectivity index (χ1) is 8.05. The van der Waals surface area contributed by atoms with Crippen molar-refractivity contribution in [3.8, 4) is 0 Å². The topological polar surface area (TPSA) is 33.1 Å². The second-order valence-electron chi connectivity index (χ2n) is 5.05. The van der Waals surface area contributed by atoms with Crippen LogP contribution in [0.2, 0.25) is 0 Å². The highest BCUT2D eigenvalue weighted by Crippen LogP contribution is 2.37. The lowest BCUT2D eigenvalue weighted by atomic mass is 9.82. The highest BCUT2D eigenvalue weighted by Gasteiger charge is 2.30. The average Bonchev–Trinajstić information content (AvgIpc) is 2.73. The van der Waals surface area contributed by atoms with E-state index in [-0.39, 0.29) is 11.5 Å². The maximum absolute atomic E-state index is 10.2. The molecule has 2 aromatic rings. The van der Waals surface area contributed by atoms with Crippen LogP contribution in [0.5, 0.6) is 0 Å². The van der Waals surface area contributed by atoms with E-state index in [1.807, 2.05) is 18.5 Å². The monoisotopic (exact) mass is 249 g/mol. The Morgan fingerprint density at radius 2 is 2.24 bits per heavy atom. The minimum Gasteiger partial charge on any atom is -0.392 e. The summed E-state index contributed by atoms with van der Waals surface area (Å²) in [5.74, 6) is 0. The summed E-state index contributed by atoms with van der Waals surface area (Å²) in [7, 11) is 0. The maximum atomic E-state index is 10.2. The number of fused-ring (bicyclic) bond motifs is 1. The van der Waals surface area contributed by atoms with E-state index in [2.05, 4.69) is 31.8 Å². The minimum absolute atomic E-state index is 0.181. The zero-order valence-corrected chi connectivity index (χ0v) is 11.4. The van der Waals surface area contributed by atoms with Gasteiger partial charge in [0.25, 0.3) is 0 Å². The molecule has 0 aliphatic heterocycles. The molecule has 3 heteroatoms. The lowest BCUT2D eigenvalue weighted by Crippen LogP contribution is -2.32. The van der Waals surface area contributed by atoms with Gasteiger partial charge in [-0.3, -0.25) is 4.98 Å². The molecule has 1 unspecified atom stereocenters. The highest BCUT2D eigenvalue weighted by atomic mass is 32.1. The molecule has 0 aliphatic rings. The largest absolute Gasteiger partial charge is 0.392 e. The van der Waals surface area contributed by atoms with Crippen LogP contribution in [0, 0.1) is 0 Å². The molecule has 0 bridgehead atoms. The lowest BCUT2D eigenvalue weighted by Gasteiger charge is -2.29. The predicted molar refractivity (Wildman–Crippen MR) is 73.6 cm³/mol. The molecule has 0 spiro atoms. The molecule has 1 atom stereocenters. The van der Waals surface area contributed by atoms with E-state index in [0.29, 0.717) is 0 Å². The van der Waals surface area contributed by atoms with Crippen molar-refractivity contribution in [3.63, 3.8) is 0 Å². The number of rotatable bonds is 4. The number of pyridine rings is 1. The summed E-state index contributed by atoms with van der Waals surface area (Å²) in [5.41, 5.74) is -0.181. The molecule has 0 aromatic carbocycles. The smallest absolute Gasteiger partial charge is 0.0639 e. The molecule has 2 nitrogen and oxygen atoms in total. The summed E-state index contributed by atoms with van der Waals surface area (Å²) >= 11 is 1.74. The zero-order valence-electron chi connectivity index (χ0n) is 10.6. The van der Waals surface area contributed by atoms with Crippen LogP contribution >= 0.6 is 11.3 Å². The Labute approximate surface area is 106 Å². The van der Waals surface area contributed by atoms with Gasteiger partial charge in [-0.15, -0.1) is 11.3 Å². The summed E-state index contributed by atoms with van der Waals surface area (Å²) in [6.45, 7) is 6.34. The summed E-state index contributed by atoms with van der Waals surface area (Å²) in [6.07, 6.45) is 5.28. The minimum atomic E-state index is -0.284. The van der Waals surface area contributed by atoms with Gasteiger partial charge < -0.3 is 5.11 Å². The van der Waals surface area contributed by atoms with Crippen molar-refractivity contribution in [1.29, 1.82) is 0 Å². The summed E-state index contributed by atoms with van der Waals surface area (Å²) in [5, 5.41) is 11.5. The van der Waals surface area contributed by atoms with E-state index in [4.69, 9.17) is 0 Å². The maximum Gasteiger partial charge on any atom is 0.0639 e. The van der Waals surface area contributed by atoms with Gasteiger partial charge in [0, 0.05) is 22.7 Å². The Kier molecular flexibility index (Phi) is 3.50. The molecule has 0 aliphatic carbocycles. The molecule has 92 valence electrons. The molecule has 1 N–H and O–H groups in total. The fraction of sp³-hybridized carbons (Fsp3) is 0.500. The van der Waals surface area contributed by atoms with Crippen LogP contribution in [-0.2, 0) is 5.41 Å². The van der Waals surface area contributed by atoms with Gasteiger partial charge in [0.05, 0.1) is 10.8 Å². The van der Waals surface area contributed by atoms with Crippen LogP contribution in [0.4, 0.5) is 0 Å². The quantitative estimate of drug-likeness (QED) is 0.895. The molecular formula is C14H19NOS. The van der Waals surface area contributed by atoms with E-state index in [1.54, 1.807) is 11.3 Å². The van der Waals surface area contributed by atoms with Crippen LogP contribution in [0.3, 0.4) is 0 Å². The van der Waals surface area contributed by atoms with Crippen molar-refractivity contribution in [3.05, 3.63) is 29.4 Å². The fourth-order valence-corrected chi connectivity index (χ4v) is 3.18. The molecule has 2 rings (SSSR count). The van der Waals surface area contributed by atoms with Crippen molar-refractivity contribution in [2.45, 2.75) is 45.1 Å². The van der Waals surface area contributed by atoms with Gasteiger partial charge in [-0.05, 0) is 23.9 Å². The molecular weight excluding hydrogens is 230 g/mol. The van der Waals surface area contributed by atoms with Crippen LogP contribution < -0.4 is 0 Å². The molecule has 17 heavy (non-hydrogen) atoms. The first kappa shape index (κ1) is 12.5. The van der Waals surface area contributed by atoms with Crippen LogP contribution in [0.25, 0.3) is 10.1 Å². The predicted octanol–water partition coefficient (Wildman–Crippen LogP) is 3.73. The molecule has 0 amide bonds. The second kappa shape index (κ2) is 4.75. The van der Waals surface area contributed by atoms with Gasteiger partial charge in [0.15, 0.2) is 0 Å². The van der Waals surface area contributed by atoms with Gasteiger partial charge in [-0.1, -0.05) is 27.2 Å². The third kappa shape index (κ3) is 2.35. The Morgan fingerprint density at radius 3 is 2.88 bits per heavy atom. The van der Waals surface area contributed by atoms with Crippen molar-refractivity contribution in [1.82, 2.24) is 4.98 Å². The number of nitrogens with zero attached hydrogens (tertiary/aromatic N) is 1. The van der Waals surface area contributed by atoms with Gasteiger partial charge in [-0.25, -0.2) is 0 Å². The van der Waals surface area contributed by atoms with Crippen molar-refractivity contribution < 1.29 is 5.11 Å².